The molecular formula is C18H17F2N3OS. The molecule has 3 rings (SSSR count). The average molecular weight is 361 g/mol. The number of alkyl halides is 2. The minimum absolute atomic E-state index is 0.00553. The molecule has 7 heteroatoms. The van der Waals surface area contributed by atoms with Gasteiger partial charge in [0.15, 0.2) is 5.16 Å². The van der Waals surface area contributed by atoms with E-state index in [9.17, 15) is 13.6 Å². The number of thioether (sulfide) groups is 1. The van der Waals surface area contributed by atoms with Gasteiger partial charge in [-0.1, -0.05) is 43.0 Å². The first kappa shape index (κ1) is 17.4. The Bertz CT molecular complexity index is 878. The van der Waals surface area contributed by atoms with Crippen LogP contribution in [-0.4, -0.2) is 21.2 Å². The van der Waals surface area contributed by atoms with Crippen molar-refractivity contribution in [2.45, 2.75) is 25.1 Å². The van der Waals surface area contributed by atoms with E-state index in [1.807, 2.05) is 24.3 Å². The summed E-state index contributed by atoms with van der Waals surface area (Å²) in [6.07, 6.45) is 0.925. The van der Waals surface area contributed by atoms with Gasteiger partial charge in [-0.2, -0.15) is 8.78 Å². The average Bonchev–Trinajstić information content (AvgIpc) is 2.99. The summed E-state index contributed by atoms with van der Waals surface area (Å²) in [7, 11) is 0. The second-order valence-electron chi connectivity index (χ2n) is 5.42. The Morgan fingerprint density at radius 3 is 2.60 bits per heavy atom. The number of carbonyl (C=O) groups is 1. The molecule has 0 saturated carbocycles. The summed E-state index contributed by atoms with van der Waals surface area (Å²) in [5.74, 6) is -0.256. The van der Waals surface area contributed by atoms with Gasteiger partial charge in [0.1, 0.15) is 0 Å². The predicted molar refractivity (Wildman–Crippen MR) is 96.2 cm³/mol. The SMILES string of the molecule is CCc1ccc(NC(=O)CSc2nc3ccccc3n2C(F)F)cc1. The van der Waals surface area contributed by atoms with Crippen LogP contribution in [0.5, 0.6) is 0 Å². The lowest BCUT2D eigenvalue weighted by Gasteiger charge is -2.08. The summed E-state index contributed by atoms with van der Waals surface area (Å²) in [5.41, 5.74) is 2.71. The molecule has 0 saturated heterocycles. The molecule has 0 aliphatic carbocycles. The Morgan fingerprint density at radius 1 is 1.20 bits per heavy atom. The number of hydrogen-bond donors (Lipinski definition) is 1. The van der Waals surface area contributed by atoms with Crippen molar-refractivity contribution in [3.05, 3.63) is 54.1 Å². The number of fused-ring (bicyclic) bond motifs is 1. The van der Waals surface area contributed by atoms with Gasteiger partial charge in [-0.3, -0.25) is 9.36 Å². The maximum absolute atomic E-state index is 13.3. The molecule has 25 heavy (non-hydrogen) atoms. The number of anilines is 1. The normalized spacial score (nSPS) is 11.2. The summed E-state index contributed by atoms with van der Waals surface area (Å²) in [4.78, 5) is 16.3. The summed E-state index contributed by atoms with van der Waals surface area (Å²) in [6, 6.07) is 14.2. The van der Waals surface area contributed by atoms with Gasteiger partial charge < -0.3 is 5.32 Å². The van der Waals surface area contributed by atoms with E-state index in [2.05, 4.69) is 17.2 Å². The van der Waals surface area contributed by atoms with Crippen molar-refractivity contribution in [1.82, 2.24) is 9.55 Å². The second-order valence-corrected chi connectivity index (χ2v) is 6.36. The van der Waals surface area contributed by atoms with Crippen molar-refractivity contribution < 1.29 is 13.6 Å². The van der Waals surface area contributed by atoms with Gasteiger partial charge in [0.2, 0.25) is 5.91 Å². The lowest BCUT2D eigenvalue weighted by molar-refractivity contribution is -0.113. The first-order chi connectivity index (χ1) is 12.1. The second kappa shape index (κ2) is 7.65. The van der Waals surface area contributed by atoms with Crippen molar-refractivity contribution in [1.29, 1.82) is 0 Å². The molecule has 1 amide bonds. The summed E-state index contributed by atoms with van der Waals surface area (Å²) < 4.78 is 27.5. The highest BCUT2D eigenvalue weighted by molar-refractivity contribution is 7.99. The van der Waals surface area contributed by atoms with Gasteiger partial charge in [0, 0.05) is 5.69 Å². The number of halogens is 2. The molecule has 0 aliphatic heterocycles. The van der Waals surface area contributed by atoms with E-state index >= 15 is 0 Å². The zero-order valence-electron chi connectivity index (χ0n) is 13.6. The molecule has 4 nitrogen and oxygen atoms in total. The van der Waals surface area contributed by atoms with E-state index in [1.54, 1.807) is 24.3 Å². The van der Waals surface area contributed by atoms with Gasteiger partial charge >= 0.3 is 6.55 Å². The maximum Gasteiger partial charge on any atom is 0.321 e. The molecule has 3 aromatic rings. The fourth-order valence-electron chi connectivity index (χ4n) is 2.46. The molecule has 1 aromatic heterocycles. The zero-order valence-corrected chi connectivity index (χ0v) is 14.4. The summed E-state index contributed by atoms with van der Waals surface area (Å²) >= 11 is 0.996. The number of para-hydroxylation sites is 2. The summed E-state index contributed by atoms with van der Waals surface area (Å²) in [6.45, 7) is -0.654. The molecule has 2 aromatic carbocycles. The Balaban J connectivity index is 1.69. The number of aromatic nitrogens is 2. The van der Waals surface area contributed by atoms with Crippen LogP contribution in [0.1, 0.15) is 19.0 Å². The minimum atomic E-state index is -2.71. The number of nitrogens with one attached hydrogen (secondary N) is 1. The van der Waals surface area contributed by atoms with Crippen molar-refractivity contribution in [3.63, 3.8) is 0 Å². The Kier molecular flexibility index (Phi) is 5.33. The van der Waals surface area contributed by atoms with E-state index in [0.717, 1.165) is 22.7 Å². The van der Waals surface area contributed by atoms with E-state index in [4.69, 9.17) is 0 Å². The van der Waals surface area contributed by atoms with E-state index in [0.29, 0.717) is 16.7 Å². The number of nitrogens with zero attached hydrogens (tertiary/aromatic N) is 2. The van der Waals surface area contributed by atoms with Crippen molar-refractivity contribution in [2.24, 2.45) is 0 Å². The molecule has 0 aliphatic rings. The third-order valence-corrected chi connectivity index (χ3v) is 4.69. The molecule has 130 valence electrons. The standard InChI is InChI=1S/C18H17F2N3OS/c1-2-12-7-9-13(10-8-12)21-16(24)11-25-18-22-14-5-3-4-6-15(14)23(18)17(19)20/h3-10,17H,2,11H2,1H3,(H,21,24). The van der Waals surface area contributed by atoms with Gasteiger partial charge in [-0.25, -0.2) is 4.98 Å². The zero-order chi connectivity index (χ0) is 17.8. The Hall–Kier alpha value is -2.41. The Morgan fingerprint density at radius 2 is 1.92 bits per heavy atom. The van der Waals surface area contributed by atoms with Crippen LogP contribution in [0.4, 0.5) is 14.5 Å². The largest absolute Gasteiger partial charge is 0.325 e. The summed E-state index contributed by atoms with van der Waals surface area (Å²) in [5, 5.41) is 2.89. The molecule has 1 heterocycles. The van der Waals surface area contributed by atoms with E-state index < -0.39 is 6.55 Å². The predicted octanol–water partition coefficient (Wildman–Crippen LogP) is 4.72. The van der Waals surface area contributed by atoms with Crippen LogP contribution in [-0.2, 0) is 11.2 Å². The molecular weight excluding hydrogens is 344 g/mol. The topological polar surface area (TPSA) is 46.9 Å². The molecule has 0 bridgehead atoms. The number of rotatable bonds is 6. The molecule has 0 fully saturated rings. The van der Waals surface area contributed by atoms with Crippen LogP contribution in [0, 0.1) is 0 Å². The van der Waals surface area contributed by atoms with Gasteiger partial charge in [-0.05, 0) is 36.2 Å². The number of benzene rings is 2. The molecule has 0 radical (unpaired) electrons. The highest BCUT2D eigenvalue weighted by Crippen LogP contribution is 2.29. The first-order valence-electron chi connectivity index (χ1n) is 7.85. The van der Waals surface area contributed by atoms with Gasteiger partial charge in [-0.15, -0.1) is 0 Å². The monoisotopic (exact) mass is 361 g/mol. The highest BCUT2D eigenvalue weighted by atomic mass is 32.2. The van der Waals surface area contributed by atoms with Gasteiger partial charge in [0.25, 0.3) is 0 Å². The Labute approximate surface area is 148 Å². The number of aryl methyl sites for hydroxylation is 1. The van der Waals surface area contributed by atoms with Crippen LogP contribution in [0.3, 0.4) is 0 Å². The van der Waals surface area contributed by atoms with E-state index in [-0.39, 0.29) is 16.8 Å². The number of hydrogen-bond acceptors (Lipinski definition) is 3. The third-order valence-electron chi connectivity index (χ3n) is 3.74. The van der Waals surface area contributed by atoms with Crippen molar-refractivity contribution in [2.75, 3.05) is 11.1 Å². The lowest BCUT2D eigenvalue weighted by Crippen LogP contribution is -2.14. The quantitative estimate of drug-likeness (QED) is 0.646. The van der Waals surface area contributed by atoms with Crippen LogP contribution < -0.4 is 5.32 Å². The number of carbonyl (C=O) groups excluding carboxylic acids is 1. The minimum Gasteiger partial charge on any atom is -0.325 e. The fraction of sp³-hybridized carbons (Fsp3) is 0.222. The van der Waals surface area contributed by atoms with Crippen LogP contribution >= 0.6 is 11.8 Å². The molecule has 0 unspecified atom stereocenters. The smallest absolute Gasteiger partial charge is 0.321 e. The lowest BCUT2D eigenvalue weighted by atomic mass is 10.1. The van der Waals surface area contributed by atoms with Crippen molar-refractivity contribution >= 4 is 34.4 Å². The van der Waals surface area contributed by atoms with Crippen LogP contribution in [0.15, 0.2) is 53.7 Å². The van der Waals surface area contributed by atoms with Crippen molar-refractivity contribution in [3.8, 4) is 0 Å². The molecule has 0 atom stereocenters. The third kappa shape index (κ3) is 3.99. The molecule has 1 N–H and O–H groups in total. The molecule has 0 spiro atoms. The van der Waals surface area contributed by atoms with Gasteiger partial charge in [0.05, 0.1) is 16.8 Å². The maximum atomic E-state index is 13.3. The first-order valence-corrected chi connectivity index (χ1v) is 8.83. The fourth-order valence-corrected chi connectivity index (χ4v) is 3.28. The highest BCUT2D eigenvalue weighted by Gasteiger charge is 2.18. The van der Waals surface area contributed by atoms with Crippen LogP contribution in [0.2, 0.25) is 0 Å². The van der Waals surface area contributed by atoms with E-state index in [1.165, 1.54) is 5.56 Å². The number of imidazole rings is 1. The number of amides is 1. The van der Waals surface area contributed by atoms with Crippen LogP contribution in [0.25, 0.3) is 11.0 Å².